The van der Waals surface area contributed by atoms with E-state index in [-0.39, 0.29) is 11.5 Å². The Morgan fingerprint density at radius 1 is 1.37 bits per heavy atom. The normalized spacial score (nSPS) is 26.0. The monoisotopic (exact) mass is 261 g/mol. The molecule has 0 radical (unpaired) electrons. The summed E-state index contributed by atoms with van der Waals surface area (Å²) in [6.45, 7) is 8.44. The molecular formula is C17H27NO. The lowest BCUT2D eigenvalue weighted by atomic mass is 9.87. The first kappa shape index (κ1) is 14.5. The van der Waals surface area contributed by atoms with Crippen LogP contribution in [0, 0.1) is 18.3 Å². The summed E-state index contributed by atoms with van der Waals surface area (Å²) in [5.41, 5.74) is 2.76. The molecule has 1 saturated carbocycles. The maximum absolute atomic E-state index is 10.3. The van der Waals surface area contributed by atoms with E-state index in [0.29, 0.717) is 5.92 Å². The van der Waals surface area contributed by atoms with E-state index < -0.39 is 0 Å². The first-order valence-electron chi connectivity index (χ1n) is 7.30. The highest BCUT2D eigenvalue weighted by Gasteiger charge is 2.40. The number of hydrogen-bond acceptors (Lipinski definition) is 2. The third kappa shape index (κ3) is 3.58. The van der Waals surface area contributed by atoms with Gasteiger partial charge in [-0.25, -0.2) is 0 Å². The summed E-state index contributed by atoms with van der Waals surface area (Å²) in [5, 5.41) is 10.3. The van der Waals surface area contributed by atoms with Crippen molar-refractivity contribution >= 4 is 0 Å². The first-order chi connectivity index (χ1) is 8.88. The van der Waals surface area contributed by atoms with Crippen LogP contribution in [0.25, 0.3) is 0 Å². The van der Waals surface area contributed by atoms with Gasteiger partial charge in [-0.05, 0) is 43.7 Å². The average molecular weight is 261 g/mol. The lowest BCUT2D eigenvalue weighted by Gasteiger charge is -2.28. The fraction of sp³-hybridized carbons (Fsp3) is 0.647. The molecule has 1 aliphatic rings. The molecule has 1 aliphatic carbocycles. The third-order valence-electron chi connectivity index (χ3n) is 4.49. The van der Waals surface area contributed by atoms with Crippen LogP contribution >= 0.6 is 0 Å². The number of aliphatic hydroxyl groups excluding tert-OH is 1. The number of rotatable bonds is 4. The van der Waals surface area contributed by atoms with Crippen LogP contribution < -0.4 is 0 Å². The maximum atomic E-state index is 10.3. The summed E-state index contributed by atoms with van der Waals surface area (Å²) in [4.78, 5) is 2.34. The van der Waals surface area contributed by atoms with Gasteiger partial charge in [-0.1, -0.05) is 43.7 Å². The zero-order valence-electron chi connectivity index (χ0n) is 12.7. The Bertz CT molecular complexity index is 427. The van der Waals surface area contributed by atoms with Crippen molar-refractivity contribution in [2.24, 2.45) is 11.3 Å². The molecule has 1 N–H and O–H groups in total. The van der Waals surface area contributed by atoms with Crippen LogP contribution in [0.1, 0.15) is 37.8 Å². The van der Waals surface area contributed by atoms with E-state index in [4.69, 9.17) is 0 Å². The maximum Gasteiger partial charge on any atom is 0.0631 e. The van der Waals surface area contributed by atoms with Crippen molar-refractivity contribution < 1.29 is 5.11 Å². The summed E-state index contributed by atoms with van der Waals surface area (Å²) in [5.74, 6) is 0.421. The van der Waals surface area contributed by atoms with Gasteiger partial charge >= 0.3 is 0 Å². The molecule has 19 heavy (non-hydrogen) atoms. The molecule has 106 valence electrons. The number of hydrogen-bond donors (Lipinski definition) is 1. The highest BCUT2D eigenvalue weighted by molar-refractivity contribution is 5.22. The zero-order valence-corrected chi connectivity index (χ0v) is 12.7. The van der Waals surface area contributed by atoms with E-state index in [1.807, 2.05) is 0 Å². The molecule has 0 saturated heterocycles. The van der Waals surface area contributed by atoms with Crippen LogP contribution in [0.3, 0.4) is 0 Å². The number of benzene rings is 1. The van der Waals surface area contributed by atoms with Crippen molar-refractivity contribution in [1.29, 1.82) is 0 Å². The van der Waals surface area contributed by atoms with E-state index in [9.17, 15) is 5.11 Å². The molecule has 0 heterocycles. The molecule has 2 nitrogen and oxygen atoms in total. The van der Waals surface area contributed by atoms with Crippen LogP contribution in [0.5, 0.6) is 0 Å². The predicted molar refractivity (Wildman–Crippen MR) is 80.0 cm³/mol. The molecule has 2 rings (SSSR count). The topological polar surface area (TPSA) is 23.5 Å². The minimum Gasteiger partial charge on any atom is -0.392 e. The van der Waals surface area contributed by atoms with Crippen molar-refractivity contribution in [3.05, 3.63) is 35.4 Å². The fourth-order valence-electron chi connectivity index (χ4n) is 3.28. The van der Waals surface area contributed by atoms with Crippen LogP contribution in [0.4, 0.5) is 0 Å². The zero-order chi connectivity index (χ0) is 14.0. The second kappa shape index (κ2) is 5.64. The molecule has 2 atom stereocenters. The van der Waals surface area contributed by atoms with Gasteiger partial charge in [0.2, 0.25) is 0 Å². The predicted octanol–water partition coefficient (Wildman–Crippen LogP) is 3.22. The van der Waals surface area contributed by atoms with Gasteiger partial charge in [-0.15, -0.1) is 0 Å². The van der Waals surface area contributed by atoms with Crippen molar-refractivity contribution in [1.82, 2.24) is 4.90 Å². The Kier molecular flexibility index (Phi) is 4.32. The van der Waals surface area contributed by atoms with Crippen LogP contribution in [0.15, 0.2) is 24.3 Å². The van der Waals surface area contributed by atoms with Crippen molar-refractivity contribution in [3.8, 4) is 0 Å². The molecule has 2 unspecified atom stereocenters. The molecule has 2 heteroatoms. The Hall–Kier alpha value is -0.860. The minimum atomic E-state index is -0.160. The Morgan fingerprint density at radius 3 is 2.68 bits per heavy atom. The highest BCUT2D eigenvalue weighted by atomic mass is 16.3. The molecule has 0 amide bonds. The van der Waals surface area contributed by atoms with E-state index in [1.165, 1.54) is 11.1 Å². The van der Waals surface area contributed by atoms with Crippen molar-refractivity contribution in [3.63, 3.8) is 0 Å². The SMILES string of the molecule is Cc1cccc(CN(C)CC2CCC(C)(C)C2O)c1. The van der Waals surface area contributed by atoms with Gasteiger partial charge in [0.1, 0.15) is 0 Å². The van der Waals surface area contributed by atoms with Gasteiger partial charge in [0.25, 0.3) is 0 Å². The lowest BCUT2D eigenvalue weighted by molar-refractivity contribution is 0.0348. The van der Waals surface area contributed by atoms with Gasteiger partial charge in [-0.3, -0.25) is 0 Å². The molecule has 1 aromatic carbocycles. The third-order valence-corrected chi connectivity index (χ3v) is 4.49. The molecule has 1 aromatic rings. The summed E-state index contributed by atoms with van der Waals surface area (Å²) >= 11 is 0. The van der Waals surface area contributed by atoms with Crippen LogP contribution in [-0.2, 0) is 6.54 Å². The molecule has 0 bridgehead atoms. The molecule has 0 aromatic heterocycles. The molecule has 0 aliphatic heterocycles. The van der Waals surface area contributed by atoms with Gasteiger partial charge in [0, 0.05) is 13.1 Å². The second-order valence-corrected chi connectivity index (χ2v) is 6.92. The van der Waals surface area contributed by atoms with Crippen LogP contribution in [-0.4, -0.2) is 29.7 Å². The van der Waals surface area contributed by atoms with E-state index in [2.05, 4.69) is 57.0 Å². The average Bonchev–Trinajstić information content (AvgIpc) is 2.56. The van der Waals surface area contributed by atoms with E-state index >= 15 is 0 Å². The Balaban J connectivity index is 1.90. The summed E-state index contributed by atoms with van der Waals surface area (Å²) in [6, 6.07) is 8.67. The van der Waals surface area contributed by atoms with Gasteiger partial charge in [0.15, 0.2) is 0 Å². The van der Waals surface area contributed by atoms with Gasteiger partial charge in [0.05, 0.1) is 6.10 Å². The number of aryl methyl sites for hydroxylation is 1. The van der Waals surface area contributed by atoms with Crippen molar-refractivity contribution in [2.45, 2.75) is 46.3 Å². The van der Waals surface area contributed by atoms with Crippen molar-refractivity contribution in [2.75, 3.05) is 13.6 Å². The highest BCUT2D eigenvalue weighted by Crippen LogP contribution is 2.41. The van der Waals surface area contributed by atoms with Crippen LogP contribution in [0.2, 0.25) is 0 Å². The Morgan fingerprint density at radius 2 is 2.11 bits per heavy atom. The summed E-state index contributed by atoms with van der Waals surface area (Å²) < 4.78 is 0. The largest absolute Gasteiger partial charge is 0.392 e. The number of aliphatic hydroxyl groups is 1. The lowest BCUT2D eigenvalue weighted by Crippen LogP contribution is -2.34. The Labute approximate surface area is 117 Å². The first-order valence-corrected chi connectivity index (χ1v) is 7.30. The smallest absolute Gasteiger partial charge is 0.0631 e. The summed E-state index contributed by atoms with van der Waals surface area (Å²) in [6.07, 6.45) is 2.12. The summed E-state index contributed by atoms with van der Waals surface area (Å²) in [7, 11) is 2.15. The van der Waals surface area contributed by atoms with E-state index in [1.54, 1.807) is 0 Å². The number of nitrogens with zero attached hydrogens (tertiary/aromatic N) is 1. The second-order valence-electron chi connectivity index (χ2n) is 6.92. The van der Waals surface area contributed by atoms with E-state index in [0.717, 1.165) is 25.9 Å². The quantitative estimate of drug-likeness (QED) is 0.899. The fourth-order valence-corrected chi connectivity index (χ4v) is 3.28. The molecule has 1 fully saturated rings. The minimum absolute atomic E-state index is 0.0921. The van der Waals surface area contributed by atoms with Gasteiger partial charge < -0.3 is 10.0 Å². The standard InChI is InChI=1S/C17H27NO/c1-13-6-5-7-14(10-13)11-18(4)12-15-8-9-17(2,3)16(15)19/h5-7,10,15-16,19H,8-9,11-12H2,1-4H3. The molecular weight excluding hydrogens is 234 g/mol. The van der Waals surface area contributed by atoms with Gasteiger partial charge in [-0.2, -0.15) is 0 Å². The molecule has 0 spiro atoms.